The van der Waals surface area contributed by atoms with E-state index in [4.69, 9.17) is 4.74 Å². The fourth-order valence-corrected chi connectivity index (χ4v) is 9.08. The third-order valence-corrected chi connectivity index (χ3v) is 10.3. The lowest BCUT2D eigenvalue weighted by molar-refractivity contribution is -0.142. The number of fused-ring (bicyclic) bond motifs is 12. The number of benzene rings is 1. The number of carbonyl (C=O) groups is 1. The monoisotopic (exact) mass is 368 g/mol. The van der Waals surface area contributed by atoms with Gasteiger partial charge in [0.25, 0.3) is 0 Å². The second-order valence-corrected chi connectivity index (χ2v) is 10.9. The molecule has 4 aliphatic carbocycles. The highest BCUT2D eigenvalue weighted by atomic mass is 32.2. The Balaban J connectivity index is 1.16. The van der Waals surface area contributed by atoms with Gasteiger partial charge in [-0.1, -0.05) is 26.0 Å². The van der Waals surface area contributed by atoms with Crippen LogP contribution in [0.1, 0.15) is 51.0 Å². The van der Waals surface area contributed by atoms with Crippen molar-refractivity contribution in [3.05, 3.63) is 29.8 Å². The van der Waals surface area contributed by atoms with Crippen molar-refractivity contribution >= 4 is 17.7 Å². The van der Waals surface area contributed by atoms with Gasteiger partial charge in [0, 0.05) is 10.5 Å². The van der Waals surface area contributed by atoms with Crippen LogP contribution in [-0.2, 0) is 4.79 Å². The molecule has 0 radical (unpaired) electrons. The maximum absolute atomic E-state index is 12.9. The van der Waals surface area contributed by atoms with Gasteiger partial charge >= 0.3 is 5.97 Å². The largest absolute Gasteiger partial charge is 0.426 e. The van der Waals surface area contributed by atoms with Gasteiger partial charge in [0.05, 0.1) is 5.92 Å². The van der Waals surface area contributed by atoms with E-state index >= 15 is 0 Å². The SMILES string of the molecule is CCC(C)c1ccc(OC(=O)C2CC3CC2C2C4CC(C5SC45)C32)cc1. The Morgan fingerprint density at radius 2 is 1.81 bits per heavy atom. The molecule has 0 N–H and O–H groups in total. The van der Waals surface area contributed by atoms with Crippen LogP contribution >= 0.6 is 11.8 Å². The summed E-state index contributed by atoms with van der Waals surface area (Å²) >= 11 is 2.25. The van der Waals surface area contributed by atoms with Crippen molar-refractivity contribution in [1.29, 1.82) is 0 Å². The zero-order chi connectivity index (χ0) is 17.6. The third-order valence-electron chi connectivity index (χ3n) is 8.65. The van der Waals surface area contributed by atoms with Crippen LogP contribution in [0, 0.1) is 41.4 Å². The van der Waals surface area contributed by atoms with Crippen LogP contribution in [0.2, 0.25) is 0 Å². The Labute approximate surface area is 160 Å². The Morgan fingerprint density at radius 1 is 1.08 bits per heavy atom. The second-order valence-electron chi connectivity index (χ2n) is 9.58. The van der Waals surface area contributed by atoms with Gasteiger partial charge in [-0.25, -0.2) is 0 Å². The van der Waals surface area contributed by atoms with Crippen molar-refractivity contribution < 1.29 is 9.53 Å². The molecule has 0 spiro atoms. The predicted molar refractivity (Wildman–Crippen MR) is 104 cm³/mol. The van der Waals surface area contributed by atoms with E-state index in [2.05, 4.69) is 37.7 Å². The first-order chi connectivity index (χ1) is 12.7. The molecular formula is C23H28O2S. The minimum Gasteiger partial charge on any atom is -0.426 e. The summed E-state index contributed by atoms with van der Waals surface area (Å²) in [7, 11) is 0. The van der Waals surface area contributed by atoms with Crippen LogP contribution < -0.4 is 4.74 Å². The number of esters is 1. The highest BCUT2D eigenvalue weighted by Gasteiger charge is 2.73. The van der Waals surface area contributed by atoms with Crippen molar-refractivity contribution in [2.75, 3.05) is 0 Å². The van der Waals surface area contributed by atoms with Crippen LogP contribution in [0.5, 0.6) is 5.75 Å². The molecule has 5 fully saturated rings. The van der Waals surface area contributed by atoms with E-state index in [-0.39, 0.29) is 11.9 Å². The molecule has 3 heteroatoms. The summed E-state index contributed by atoms with van der Waals surface area (Å²) in [5.41, 5.74) is 1.33. The predicted octanol–water partition coefficient (Wildman–Crippen LogP) is 5.13. The van der Waals surface area contributed by atoms with Crippen molar-refractivity contribution in [2.24, 2.45) is 41.4 Å². The van der Waals surface area contributed by atoms with E-state index in [1.807, 2.05) is 12.1 Å². The summed E-state index contributed by atoms with van der Waals surface area (Å²) in [6.07, 6.45) is 5.01. The Kier molecular flexibility index (Phi) is 3.41. The summed E-state index contributed by atoms with van der Waals surface area (Å²) in [5.74, 6) is 6.67. The number of ether oxygens (including phenoxy) is 1. The average Bonchev–Trinajstić information content (AvgIpc) is 3.02. The van der Waals surface area contributed by atoms with Gasteiger partial charge in [-0.3, -0.25) is 4.79 Å². The molecule has 10 unspecified atom stereocenters. The van der Waals surface area contributed by atoms with E-state index < -0.39 is 0 Å². The zero-order valence-corrected chi connectivity index (χ0v) is 16.5. The number of hydrogen-bond donors (Lipinski definition) is 0. The summed E-state index contributed by atoms with van der Waals surface area (Å²) in [6.45, 7) is 4.45. The highest BCUT2D eigenvalue weighted by molar-refractivity contribution is 8.07. The number of rotatable bonds is 4. The van der Waals surface area contributed by atoms with Crippen molar-refractivity contribution in [1.82, 2.24) is 0 Å². The Bertz CT molecular complexity index is 743. The summed E-state index contributed by atoms with van der Waals surface area (Å²) < 4.78 is 5.84. The smallest absolute Gasteiger partial charge is 0.314 e. The fourth-order valence-electron chi connectivity index (χ4n) is 7.41. The van der Waals surface area contributed by atoms with Crippen LogP contribution in [0.15, 0.2) is 24.3 Å². The lowest BCUT2D eigenvalue weighted by atomic mass is 9.67. The maximum Gasteiger partial charge on any atom is 0.314 e. The molecule has 1 saturated heterocycles. The Morgan fingerprint density at radius 3 is 2.54 bits per heavy atom. The van der Waals surface area contributed by atoms with Crippen LogP contribution in [-0.4, -0.2) is 16.5 Å². The molecule has 0 aromatic heterocycles. The van der Waals surface area contributed by atoms with Gasteiger partial charge in [-0.15, -0.1) is 0 Å². The highest BCUT2D eigenvalue weighted by Crippen LogP contribution is 2.77. The second kappa shape index (κ2) is 5.53. The van der Waals surface area contributed by atoms with Gasteiger partial charge in [0.1, 0.15) is 5.75 Å². The quantitative estimate of drug-likeness (QED) is 0.319. The first-order valence-corrected chi connectivity index (χ1v) is 11.6. The lowest BCUT2D eigenvalue weighted by Crippen LogP contribution is -2.39. The van der Waals surface area contributed by atoms with E-state index in [0.29, 0.717) is 11.8 Å². The Hall–Kier alpha value is -0.960. The molecule has 0 amide bonds. The van der Waals surface area contributed by atoms with Crippen molar-refractivity contribution in [3.8, 4) is 5.75 Å². The first-order valence-electron chi connectivity index (χ1n) is 10.6. The van der Waals surface area contributed by atoms with Gasteiger partial charge in [0.15, 0.2) is 0 Å². The van der Waals surface area contributed by atoms with E-state index in [1.54, 1.807) is 0 Å². The van der Waals surface area contributed by atoms with Crippen LogP contribution in [0.4, 0.5) is 0 Å². The minimum atomic E-state index is 0.0509. The molecule has 5 aliphatic rings. The van der Waals surface area contributed by atoms with Gasteiger partial charge in [0.2, 0.25) is 0 Å². The molecule has 1 aliphatic heterocycles. The third kappa shape index (κ3) is 2.10. The average molecular weight is 369 g/mol. The van der Waals surface area contributed by atoms with E-state index in [0.717, 1.165) is 58.7 Å². The molecule has 26 heavy (non-hydrogen) atoms. The molecule has 4 saturated carbocycles. The van der Waals surface area contributed by atoms with Gasteiger partial charge in [-0.2, -0.15) is 11.8 Å². The van der Waals surface area contributed by atoms with Gasteiger partial charge in [-0.05, 0) is 84.8 Å². The van der Waals surface area contributed by atoms with Crippen molar-refractivity contribution in [2.45, 2.75) is 55.9 Å². The molecule has 1 heterocycles. The fraction of sp³-hybridized carbons (Fsp3) is 0.696. The van der Waals surface area contributed by atoms with E-state index in [9.17, 15) is 4.79 Å². The van der Waals surface area contributed by atoms with Crippen LogP contribution in [0.3, 0.4) is 0 Å². The standard InChI is InChI=1S/C23H28O2S/c1-3-11(2)12-4-6-14(7-5-12)25-23(24)16-9-13-8-15(16)20-18-10-17(19(13)20)21-22(18)26-21/h4-7,11,13,15-22H,3,8-10H2,1-2H3. The molecule has 4 bridgehead atoms. The number of thioether (sulfide) groups is 1. The zero-order valence-electron chi connectivity index (χ0n) is 15.6. The van der Waals surface area contributed by atoms with Crippen LogP contribution in [0.25, 0.3) is 0 Å². The van der Waals surface area contributed by atoms with E-state index in [1.165, 1.54) is 18.4 Å². The van der Waals surface area contributed by atoms with Gasteiger partial charge < -0.3 is 4.74 Å². The topological polar surface area (TPSA) is 26.3 Å². The summed E-state index contributed by atoms with van der Waals surface area (Å²) in [4.78, 5) is 12.9. The number of hydrogen-bond acceptors (Lipinski definition) is 3. The molecule has 138 valence electrons. The normalized spacial score (nSPS) is 47.5. The lowest BCUT2D eigenvalue weighted by Gasteiger charge is -2.36. The first kappa shape index (κ1) is 16.0. The summed E-state index contributed by atoms with van der Waals surface area (Å²) in [6, 6.07) is 8.21. The molecule has 6 rings (SSSR count). The van der Waals surface area contributed by atoms with Crippen molar-refractivity contribution in [3.63, 3.8) is 0 Å². The molecule has 2 nitrogen and oxygen atoms in total. The molecular weight excluding hydrogens is 340 g/mol. The molecule has 1 aromatic rings. The maximum atomic E-state index is 12.9. The molecule has 10 atom stereocenters. The molecule has 1 aromatic carbocycles. The number of carbonyl (C=O) groups excluding carboxylic acids is 1. The minimum absolute atomic E-state index is 0.0509. The summed E-state index contributed by atoms with van der Waals surface area (Å²) in [5, 5.41) is 1.97.